The minimum absolute atomic E-state index is 0.789. The second kappa shape index (κ2) is 2.81. The monoisotopic (exact) mass is 187 g/mol. The molecule has 70 valence electrons. The molecule has 0 aliphatic carbocycles. The highest BCUT2D eigenvalue weighted by molar-refractivity contribution is 5.88. The van der Waals surface area contributed by atoms with Crippen molar-refractivity contribution in [1.82, 2.24) is 25.8 Å². The van der Waals surface area contributed by atoms with E-state index in [1.54, 1.807) is 6.33 Å². The van der Waals surface area contributed by atoms with Crippen molar-refractivity contribution in [1.29, 1.82) is 0 Å². The molecule has 0 atom stereocenters. The zero-order valence-electron chi connectivity index (χ0n) is 7.41. The molecule has 0 saturated carbocycles. The molecule has 0 bridgehead atoms. The van der Waals surface area contributed by atoms with Crippen molar-refractivity contribution in [2.45, 2.75) is 0 Å². The Morgan fingerprint density at radius 2 is 2.29 bits per heavy atom. The minimum atomic E-state index is 0.789. The van der Waals surface area contributed by atoms with E-state index in [0.29, 0.717) is 0 Å². The van der Waals surface area contributed by atoms with E-state index in [1.165, 1.54) is 0 Å². The lowest BCUT2D eigenvalue weighted by Gasteiger charge is -2.00. The van der Waals surface area contributed by atoms with Gasteiger partial charge >= 0.3 is 0 Å². The van der Waals surface area contributed by atoms with E-state index in [9.17, 15) is 0 Å². The number of H-pyrrole nitrogens is 1. The fourth-order valence-electron chi connectivity index (χ4n) is 1.62. The van der Waals surface area contributed by atoms with Crippen LogP contribution >= 0.6 is 0 Å². The Kier molecular flexibility index (Phi) is 1.51. The Bertz CT molecular complexity index is 499. The third-order valence-corrected chi connectivity index (χ3v) is 2.29. The van der Waals surface area contributed by atoms with Crippen LogP contribution in [0.15, 0.2) is 24.8 Å². The molecule has 1 aliphatic rings. The highest BCUT2D eigenvalue weighted by Gasteiger charge is 2.11. The van der Waals surface area contributed by atoms with Gasteiger partial charge < -0.3 is 10.4 Å². The molecule has 0 unspecified atom stereocenters. The van der Waals surface area contributed by atoms with E-state index < -0.39 is 0 Å². The van der Waals surface area contributed by atoms with Gasteiger partial charge in [0.05, 0.1) is 5.69 Å². The van der Waals surface area contributed by atoms with Gasteiger partial charge in [-0.1, -0.05) is 0 Å². The summed E-state index contributed by atoms with van der Waals surface area (Å²) in [6.45, 7) is 0.789. The Morgan fingerprint density at radius 1 is 1.29 bits per heavy atom. The van der Waals surface area contributed by atoms with Crippen LogP contribution in [0.5, 0.6) is 0 Å². The third kappa shape index (κ3) is 0.993. The van der Waals surface area contributed by atoms with Crippen LogP contribution in [0.1, 0.15) is 5.69 Å². The van der Waals surface area contributed by atoms with Gasteiger partial charge in [-0.05, 0) is 6.07 Å². The average molecular weight is 187 g/mol. The Labute approximate surface area is 80.2 Å². The molecule has 3 heterocycles. The van der Waals surface area contributed by atoms with E-state index in [4.69, 9.17) is 0 Å². The standard InChI is InChI=1S/C9H9N5/c1-2-10-9-7(1)8(11-5-12-9)6-3-13-14-4-6/h1-3,5,13-14H,4H2,(H,10,11,12). The van der Waals surface area contributed by atoms with Gasteiger partial charge in [0.15, 0.2) is 0 Å². The fraction of sp³-hybridized carbons (Fsp3) is 0.111. The molecule has 3 N–H and O–H groups in total. The van der Waals surface area contributed by atoms with Crippen molar-refractivity contribution in [3.63, 3.8) is 0 Å². The van der Waals surface area contributed by atoms with Crippen LogP contribution in [-0.4, -0.2) is 21.5 Å². The Balaban J connectivity index is 2.24. The van der Waals surface area contributed by atoms with Crippen LogP contribution in [-0.2, 0) is 0 Å². The maximum atomic E-state index is 4.28. The zero-order valence-corrected chi connectivity index (χ0v) is 7.41. The molecule has 0 spiro atoms. The second-order valence-electron chi connectivity index (χ2n) is 3.13. The largest absolute Gasteiger partial charge is 0.346 e. The molecule has 0 saturated heterocycles. The first-order chi connectivity index (χ1) is 6.95. The summed E-state index contributed by atoms with van der Waals surface area (Å²) in [6, 6.07) is 1.99. The summed E-state index contributed by atoms with van der Waals surface area (Å²) in [7, 11) is 0. The van der Waals surface area contributed by atoms with Crippen LogP contribution in [0.4, 0.5) is 0 Å². The molecule has 5 nitrogen and oxygen atoms in total. The smallest absolute Gasteiger partial charge is 0.141 e. The molecule has 14 heavy (non-hydrogen) atoms. The van der Waals surface area contributed by atoms with Crippen LogP contribution in [0.2, 0.25) is 0 Å². The summed E-state index contributed by atoms with van der Waals surface area (Å²) in [5.74, 6) is 0. The molecule has 0 amide bonds. The number of nitrogens with one attached hydrogen (secondary N) is 3. The number of aromatic nitrogens is 3. The van der Waals surface area contributed by atoms with Gasteiger partial charge in [0.2, 0.25) is 0 Å². The first-order valence-electron chi connectivity index (χ1n) is 4.41. The molecular weight excluding hydrogens is 178 g/mol. The van der Waals surface area contributed by atoms with Gasteiger partial charge in [0, 0.05) is 29.9 Å². The SMILES string of the molecule is C1=C(c2ncnc3[nH]ccc23)CNN1. The van der Waals surface area contributed by atoms with Crippen molar-refractivity contribution in [2.24, 2.45) is 0 Å². The van der Waals surface area contributed by atoms with Crippen molar-refractivity contribution in [2.75, 3.05) is 6.54 Å². The topological polar surface area (TPSA) is 65.6 Å². The number of nitrogens with zero attached hydrogens (tertiary/aromatic N) is 2. The highest BCUT2D eigenvalue weighted by Crippen LogP contribution is 2.20. The van der Waals surface area contributed by atoms with E-state index >= 15 is 0 Å². The van der Waals surface area contributed by atoms with Crippen LogP contribution in [0.3, 0.4) is 0 Å². The first-order valence-corrected chi connectivity index (χ1v) is 4.41. The predicted octanol–water partition coefficient (Wildman–Crippen LogP) is 0.407. The molecular formula is C9H9N5. The van der Waals surface area contributed by atoms with Gasteiger partial charge in [-0.2, -0.15) is 0 Å². The molecule has 0 aromatic carbocycles. The molecule has 0 radical (unpaired) electrons. The quantitative estimate of drug-likeness (QED) is 0.605. The highest BCUT2D eigenvalue weighted by atomic mass is 15.4. The van der Waals surface area contributed by atoms with Crippen LogP contribution < -0.4 is 10.9 Å². The van der Waals surface area contributed by atoms with Gasteiger partial charge in [0.1, 0.15) is 12.0 Å². The van der Waals surface area contributed by atoms with Gasteiger partial charge in [-0.3, -0.25) is 0 Å². The van der Waals surface area contributed by atoms with Crippen LogP contribution in [0, 0.1) is 0 Å². The molecule has 5 heteroatoms. The number of hydrazine groups is 1. The number of fused-ring (bicyclic) bond motifs is 1. The fourth-order valence-corrected chi connectivity index (χ4v) is 1.62. The minimum Gasteiger partial charge on any atom is -0.346 e. The summed E-state index contributed by atoms with van der Waals surface area (Å²) in [5, 5.41) is 1.06. The van der Waals surface area contributed by atoms with E-state index in [2.05, 4.69) is 25.8 Å². The number of hydrogen-bond donors (Lipinski definition) is 3. The molecule has 1 aliphatic heterocycles. The Hall–Kier alpha value is -1.88. The lowest BCUT2D eigenvalue weighted by Crippen LogP contribution is -2.20. The third-order valence-electron chi connectivity index (χ3n) is 2.29. The summed E-state index contributed by atoms with van der Waals surface area (Å²) in [4.78, 5) is 11.5. The van der Waals surface area contributed by atoms with Crippen molar-refractivity contribution in [3.8, 4) is 0 Å². The molecule has 3 rings (SSSR count). The number of hydrogen-bond acceptors (Lipinski definition) is 4. The number of rotatable bonds is 1. The summed E-state index contributed by atoms with van der Waals surface area (Å²) in [5.41, 5.74) is 8.97. The number of aromatic amines is 1. The van der Waals surface area contributed by atoms with Crippen molar-refractivity contribution < 1.29 is 0 Å². The maximum Gasteiger partial charge on any atom is 0.141 e. The van der Waals surface area contributed by atoms with E-state index in [-0.39, 0.29) is 0 Å². The Morgan fingerprint density at radius 3 is 3.14 bits per heavy atom. The second-order valence-corrected chi connectivity index (χ2v) is 3.13. The molecule has 2 aromatic rings. The van der Waals surface area contributed by atoms with Gasteiger partial charge in [-0.25, -0.2) is 15.4 Å². The van der Waals surface area contributed by atoms with Gasteiger partial charge in [-0.15, -0.1) is 0 Å². The zero-order chi connectivity index (χ0) is 9.38. The maximum absolute atomic E-state index is 4.28. The van der Waals surface area contributed by atoms with Crippen molar-refractivity contribution in [3.05, 3.63) is 30.5 Å². The molecule has 0 fully saturated rings. The van der Waals surface area contributed by atoms with E-state index in [0.717, 1.165) is 28.8 Å². The summed E-state index contributed by atoms with van der Waals surface area (Å²) in [6.07, 6.45) is 5.38. The predicted molar refractivity (Wildman–Crippen MR) is 53.0 cm³/mol. The first kappa shape index (κ1) is 7.52. The van der Waals surface area contributed by atoms with E-state index in [1.807, 2.05) is 18.5 Å². The van der Waals surface area contributed by atoms with Gasteiger partial charge in [0.25, 0.3) is 0 Å². The summed E-state index contributed by atoms with van der Waals surface area (Å²) < 4.78 is 0. The molecule has 2 aromatic heterocycles. The lowest BCUT2D eigenvalue weighted by atomic mass is 10.1. The van der Waals surface area contributed by atoms with Crippen molar-refractivity contribution >= 4 is 16.6 Å². The van der Waals surface area contributed by atoms with Crippen LogP contribution in [0.25, 0.3) is 16.6 Å². The normalized spacial score (nSPS) is 15.6. The summed E-state index contributed by atoms with van der Waals surface area (Å²) >= 11 is 0. The lowest BCUT2D eigenvalue weighted by molar-refractivity contribution is 0.729. The average Bonchev–Trinajstić information content (AvgIpc) is 2.88.